The zero-order valence-corrected chi connectivity index (χ0v) is 26.3. The van der Waals surface area contributed by atoms with Gasteiger partial charge in [-0.25, -0.2) is 0 Å². The van der Waals surface area contributed by atoms with Crippen molar-refractivity contribution in [2.75, 3.05) is 15.2 Å². The summed E-state index contributed by atoms with van der Waals surface area (Å²) in [6.45, 7) is 17.2. The lowest BCUT2D eigenvalue weighted by atomic mass is 9.90. The standard InChI is InChI=1S/C36H43N3O3/c1-34(2,3)37(40)31-19-13-10-16-28(31)25-22-26(29-17-11-14-20-32(29)38(41)35(4,5)6)24-27(23-25)30-18-12-15-21-33(30)39(42)36(7,8)9/h10-24,40H,1-9H3/q-2. The predicted molar refractivity (Wildman–Crippen MR) is 178 cm³/mol. The molecule has 0 fully saturated rings. The van der Waals surface area contributed by atoms with Gasteiger partial charge in [0.05, 0.1) is 11.2 Å². The molecule has 4 aromatic rings. The molecule has 6 nitrogen and oxygen atoms in total. The molecule has 0 aromatic heterocycles. The average molecular weight is 566 g/mol. The maximum atomic E-state index is 13.5. The van der Waals surface area contributed by atoms with E-state index in [0.29, 0.717) is 17.1 Å². The van der Waals surface area contributed by atoms with Crippen molar-refractivity contribution < 1.29 is 5.21 Å². The van der Waals surface area contributed by atoms with Crippen LogP contribution in [0.2, 0.25) is 0 Å². The van der Waals surface area contributed by atoms with Crippen molar-refractivity contribution in [1.82, 2.24) is 0 Å². The van der Waals surface area contributed by atoms with Crippen LogP contribution in [-0.2, 0) is 0 Å². The van der Waals surface area contributed by atoms with Crippen LogP contribution >= 0.6 is 0 Å². The van der Waals surface area contributed by atoms with Crippen LogP contribution in [0, 0.1) is 10.4 Å². The van der Waals surface area contributed by atoms with Gasteiger partial charge in [-0.05, 0) is 115 Å². The molecule has 4 aromatic carbocycles. The Balaban J connectivity index is 2.05. The van der Waals surface area contributed by atoms with E-state index in [2.05, 4.69) is 12.1 Å². The Bertz CT molecular complexity index is 1350. The Kier molecular flexibility index (Phi) is 8.47. The minimum absolute atomic E-state index is 0.540. The Morgan fingerprint density at radius 2 is 0.738 bits per heavy atom. The smallest absolute Gasteiger partial charge is 0.0718 e. The van der Waals surface area contributed by atoms with Crippen LogP contribution in [0.5, 0.6) is 0 Å². The summed E-state index contributed by atoms with van der Waals surface area (Å²) in [5, 5.41) is 41.6. The van der Waals surface area contributed by atoms with Gasteiger partial charge in [0.1, 0.15) is 0 Å². The first-order chi connectivity index (χ1) is 19.5. The zero-order chi connectivity index (χ0) is 31.0. The first-order valence-corrected chi connectivity index (χ1v) is 14.4. The van der Waals surface area contributed by atoms with Crippen molar-refractivity contribution in [3.63, 3.8) is 0 Å². The van der Waals surface area contributed by atoms with E-state index in [-0.39, 0.29) is 0 Å². The minimum Gasteiger partial charge on any atom is -0.758 e. The maximum Gasteiger partial charge on any atom is 0.0718 e. The summed E-state index contributed by atoms with van der Waals surface area (Å²) in [4.78, 5) is 0. The third-order valence-electron chi connectivity index (χ3n) is 7.10. The average Bonchev–Trinajstić information content (AvgIpc) is 2.94. The summed E-state index contributed by atoms with van der Waals surface area (Å²) in [6.07, 6.45) is 0. The molecule has 0 aliphatic carbocycles. The highest BCUT2D eigenvalue weighted by atomic mass is 16.5. The largest absolute Gasteiger partial charge is 0.758 e. The molecule has 0 amide bonds. The van der Waals surface area contributed by atoms with Gasteiger partial charge in [0.15, 0.2) is 0 Å². The molecular weight excluding hydrogens is 522 g/mol. The van der Waals surface area contributed by atoms with Gasteiger partial charge in [0.2, 0.25) is 0 Å². The van der Waals surface area contributed by atoms with E-state index in [1.54, 1.807) is 0 Å². The molecule has 4 rings (SSSR count). The molecule has 0 atom stereocenters. The van der Waals surface area contributed by atoms with Crippen LogP contribution in [0.25, 0.3) is 33.4 Å². The molecule has 0 unspecified atom stereocenters. The molecule has 0 bridgehead atoms. The highest BCUT2D eigenvalue weighted by Crippen LogP contribution is 2.43. The highest BCUT2D eigenvalue weighted by molar-refractivity contribution is 5.91. The fraction of sp³-hybridized carbons (Fsp3) is 0.333. The number of hydroxylamine groups is 3. The number of hydrogen-bond acceptors (Lipinski definition) is 6. The van der Waals surface area contributed by atoms with Crippen LogP contribution in [0.4, 0.5) is 17.1 Å². The number of benzene rings is 4. The van der Waals surface area contributed by atoms with E-state index in [1.165, 1.54) is 5.06 Å². The fourth-order valence-corrected chi connectivity index (χ4v) is 4.87. The van der Waals surface area contributed by atoms with Gasteiger partial charge in [-0.2, -0.15) is 0 Å². The Morgan fingerprint density at radius 1 is 0.452 bits per heavy atom. The third-order valence-corrected chi connectivity index (χ3v) is 7.10. The van der Waals surface area contributed by atoms with E-state index in [1.807, 2.05) is 141 Å². The van der Waals surface area contributed by atoms with Gasteiger partial charge in [-0.1, -0.05) is 54.6 Å². The summed E-state index contributed by atoms with van der Waals surface area (Å²) in [5.74, 6) is 0. The molecule has 0 radical (unpaired) electrons. The van der Waals surface area contributed by atoms with Crippen LogP contribution < -0.4 is 15.2 Å². The van der Waals surface area contributed by atoms with E-state index in [9.17, 15) is 15.6 Å². The topological polar surface area (TPSA) is 76.1 Å². The quantitative estimate of drug-likeness (QED) is 0.234. The minimum atomic E-state index is -0.643. The fourth-order valence-electron chi connectivity index (χ4n) is 4.87. The highest BCUT2D eigenvalue weighted by Gasteiger charge is 2.24. The summed E-state index contributed by atoms with van der Waals surface area (Å²) < 4.78 is 0. The van der Waals surface area contributed by atoms with Crippen molar-refractivity contribution in [3.05, 3.63) is 101 Å². The van der Waals surface area contributed by atoms with E-state index < -0.39 is 16.6 Å². The molecule has 0 saturated carbocycles. The Hall–Kier alpha value is -3.84. The molecule has 0 saturated heterocycles. The second-order valence-electron chi connectivity index (χ2n) is 13.8. The van der Waals surface area contributed by atoms with Gasteiger partial charge in [0.25, 0.3) is 0 Å². The van der Waals surface area contributed by atoms with Gasteiger partial charge >= 0.3 is 0 Å². The lowest BCUT2D eigenvalue weighted by molar-refractivity contribution is 0.181. The zero-order valence-electron chi connectivity index (χ0n) is 26.3. The second kappa shape index (κ2) is 11.4. The van der Waals surface area contributed by atoms with Crippen molar-refractivity contribution in [1.29, 1.82) is 0 Å². The van der Waals surface area contributed by atoms with Gasteiger partial charge in [-0.15, -0.1) is 0 Å². The van der Waals surface area contributed by atoms with Crippen molar-refractivity contribution in [2.24, 2.45) is 0 Å². The lowest BCUT2D eigenvalue weighted by Gasteiger charge is -2.45. The van der Waals surface area contributed by atoms with Gasteiger partial charge in [0, 0.05) is 39.1 Å². The van der Waals surface area contributed by atoms with Gasteiger partial charge in [-0.3, -0.25) is 10.3 Å². The van der Waals surface area contributed by atoms with E-state index >= 15 is 0 Å². The first-order valence-electron chi connectivity index (χ1n) is 14.4. The number of hydrogen-bond donors (Lipinski definition) is 1. The number of rotatable bonds is 6. The molecule has 0 spiro atoms. The summed E-state index contributed by atoms with van der Waals surface area (Å²) in [7, 11) is 0. The number of anilines is 3. The van der Waals surface area contributed by atoms with Crippen molar-refractivity contribution in [2.45, 2.75) is 78.9 Å². The molecular formula is C36H43N3O3-2. The Morgan fingerprint density at radius 3 is 1.05 bits per heavy atom. The number of para-hydroxylation sites is 3. The predicted octanol–water partition coefficient (Wildman–Crippen LogP) is 9.89. The lowest BCUT2D eigenvalue weighted by Crippen LogP contribution is -2.38. The van der Waals surface area contributed by atoms with Gasteiger partial charge < -0.3 is 20.5 Å². The van der Waals surface area contributed by atoms with E-state index in [4.69, 9.17) is 0 Å². The monoisotopic (exact) mass is 565 g/mol. The van der Waals surface area contributed by atoms with E-state index in [0.717, 1.165) is 43.5 Å². The second-order valence-corrected chi connectivity index (χ2v) is 13.8. The summed E-state index contributed by atoms with van der Waals surface area (Å²) in [5.41, 5.74) is 4.88. The van der Waals surface area contributed by atoms with Crippen LogP contribution in [0.3, 0.4) is 0 Å². The van der Waals surface area contributed by atoms with Crippen molar-refractivity contribution in [3.8, 4) is 33.4 Å². The first kappa shape index (κ1) is 31.1. The molecule has 222 valence electrons. The van der Waals surface area contributed by atoms with Crippen LogP contribution in [0.15, 0.2) is 91.0 Å². The molecule has 6 heteroatoms. The van der Waals surface area contributed by atoms with Crippen LogP contribution in [-0.4, -0.2) is 21.8 Å². The third kappa shape index (κ3) is 6.46. The molecule has 0 aliphatic heterocycles. The maximum absolute atomic E-state index is 13.5. The van der Waals surface area contributed by atoms with Crippen molar-refractivity contribution >= 4 is 17.1 Å². The molecule has 0 heterocycles. The SMILES string of the molecule is CC(C)(C)N([O-])c1ccccc1-c1cc(-c2ccccc2N([O-])C(C)(C)C)cc(-c2ccccc2N(O)C(C)(C)C)c1. The molecule has 0 aliphatic rings. The Labute approximate surface area is 251 Å². The number of nitrogens with zero attached hydrogens (tertiary/aromatic N) is 3. The summed E-state index contributed by atoms with van der Waals surface area (Å²) in [6, 6.07) is 29.1. The summed E-state index contributed by atoms with van der Waals surface area (Å²) >= 11 is 0. The van der Waals surface area contributed by atoms with Crippen LogP contribution in [0.1, 0.15) is 62.3 Å². The molecule has 42 heavy (non-hydrogen) atoms. The molecule has 1 N–H and O–H groups in total. The normalized spacial score (nSPS) is 12.3.